The Balaban J connectivity index is 1.50. The molecule has 2 aliphatic rings. The Morgan fingerprint density at radius 1 is 1.09 bits per heavy atom. The molecular formula is C26H34N6O3. The summed E-state index contributed by atoms with van der Waals surface area (Å²) in [5.41, 5.74) is 3.69. The lowest BCUT2D eigenvalue weighted by Gasteiger charge is -2.33. The zero-order chi connectivity index (χ0) is 24.5. The van der Waals surface area contributed by atoms with Gasteiger partial charge in [0, 0.05) is 76.1 Å². The Hall–Kier alpha value is -3.17. The first-order valence-electron chi connectivity index (χ1n) is 12.5. The van der Waals surface area contributed by atoms with E-state index in [0.717, 1.165) is 80.2 Å². The molecule has 35 heavy (non-hydrogen) atoms. The molecule has 2 aliphatic heterocycles. The number of imidazole rings is 1. The van der Waals surface area contributed by atoms with E-state index in [0.29, 0.717) is 13.0 Å². The van der Waals surface area contributed by atoms with Gasteiger partial charge in [-0.25, -0.2) is 9.78 Å². The highest BCUT2D eigenvalue weighted by molar-refractivity contribution is 5.94. The van der Waals surface area contributed by atoms with E-state index in [1.807, 2.05) is 31.3 Å². The Bertz CT molecular complexity index is 1270. The van der Waals surface area contributed by atoms with Crippen LogP contribution in [0.1, 0.15) is 24.7 Å². The van der Waals surface area contributed by atoms with Crippen LogP contribution in [0.15, 0.2) is 41.3 Å². The lowest BCUT2D eigenvalue weighted by molar-refractivity contribution is 0.150. The Morgan fingerprint density at radius 2 is 1.89 bits per heavy atom. The minimum atomic E-state index is -0.920. The predicted octanol–water partition coefficient (Wildman–Crippen LogP) is 2.51. The molecule has 1 saturated heterocycles. The number of rotatable bonds is 6. The minimum absolute atomic E-state index is 0.0175. The molecule has 0 unspecified atom stereocenters. The van der Waals surface area contributed by atoms with E-state index in [1.54, 1.807) is 16.7 Å². The maximum absolute atomic E-state index is 12.2. The van der Waals surface area contributed by atoms with E-state index in [1.165, 1.54) is 4.90 Å². The van der Waals surface area contributed by atoms with Gasteiger partial charge in [-0.3, -0.25) is 14.6 Å². The van der Waals surface area contributed by atoms with Crippen LogP contribution in [0.3, 0.4) is 0 Å². The third-order valence-corrected chi connectivity index (χ3v) is 7.51. The normalized spacial score (nSPS) is 19.3. The summed E-state index contributed by atoms with van der Waals surface area (Å²) in [6.45, 7) is 8.52. The van der Waals surface area contributed by atoms with Crippen LogP contribution in [-0.4, -0.2) is 80.9 Å². The monoisotopic (exact) mass is 478 g/mol. The van der Waals surface area contributed by atoms with Crippen LogP contribution in [-0.2, 0) is 25.9 Å². The molecule has 3 aromatic rings. The number of hydrogen-bond acceptors (Lipinski definition) is 5. The first-order chi connectivity index (χ1) is 16.9. The summed E-state index contributed by atoms with van der Waals surface area (Å²) in [4.78, 5) is 35.6. The quantitative estimate of drug-likeness (QED) is 0.586. The number of hydrogen-bond donors (Lipinski definition) is 1. The van der Waals surface area contributed by atoms with Crippen molar-refractivity contribution in [1.82, 2.24) is 23.9 Å². The summed E-state index contributed by atoms with van der Waals surface area (Å²) >= 11 is 0. The van der Waals surface area contributed by atoms with E-state index in [-0.39, 0.29) is 11.6 Å². The van der Waals surface area contributed by atoms with Gasteiger partial charge in [0.25, 0.3) is 5.56 Å². The average molecular weight is 479 g/mol. The third-order valence-electron chi connectivity index (χ3n) is 7.51. The first kappa shape index (κ1) is 23.6. The molecule has 2 aromatic heterocycles. The van der Waals surface area contributed by atoms with Crippen molar-refractivity contribution in [1.29, 1.82) is 0 Å². The van der Waals surface area contributed by atoms with Gasteiger partial charge in [0.05, 0.1) is 16.7 Å². The molecular weight excluding hydrogens is 444 g/mol. The number of aryl methyl sites for hydroxylation is 3. The molecule has 0 bridgehead atoms. The van der Waals surface area contributed by atoms with Crippen LogP contribution in [0.5, 0.6) is 0 Å². The maximum atomic E-state index is 12.2. The number of pyridine rings is 1. The number of piperazine rings is 1. The molecule has 0 aliphatic carbocycles. The fourth-order valence-corrected chi connectivity index (χ4v) is 5.39. The van der Waals surface area contributed by atoms with E-state index in [2.05, 4.69) is 21.4 Å². The number of anilines is 1. The lowest BCUT2D eigenvalue weighted by Crippen LogP contribution is -2.45. The van der Waals surface area contributed by atoms with E-state index in [4.69, 9.17) is 4.98 Å². The lowest BCUT2D eigenvalue weighted by atomic mass is 9.96. The number of benzene rings is 1. The zero-order valence-corrected chi connectivity index (χ0v) is 20.6. The molecule has 9 nitrogen and oxygen atoms in total. The summed E-state index contributed by atoms with van der Waals surface area (Å²) in [6, 6.07) is 9.12. The van der Waals surface area contributed by atoms with Gasteiger partial charge >= 0.3 is 6.09 Å². The van der Waals surface area contributed by atoms with Crippen molar-refractivity contribution in [3.63, 3.8) is 0 Å². The van der Waals surface area contributed by atoms with Crippen LogP contribution in [0, 0.1) is 0 Å². The predicted molar refractivity (Wildman–Crippen MR) is 136 cm³/mol. The molecule has 0 spiro atoms. The van der Waals surface area contributed by atoms with Crippen LogP contribution in [0.25, 0.3) is 11.0 Å². The van der Waals surface area contributed by atoms with Crippen LogP contribution >= 0.6 is 0 Å². The molecule has 0 radical (unpaired) electrons. The second-order valence-corrected chi connectivity index (χ2v) is 9.78. The Labute approximate surface area is 205 Å². The van der Waals surface area contributed by atoms with Crippen molar-refractivity contribution in [2.24, 2.45) is 0 Å². The fraction of sp³-hybridized carbons (Fsp3) is 0.500. The number of aromatic nitrogens is 3. The van der Waals surface area contributed by atoms with Crippen molar-refractivity contribution in [2.75, 3.05) is 44.7 Å². The van der Waals surface area contributed by atoms with Crippen LogP contribution in [0.2, 0.25) is 0 Å². The van der Waals surface area contributed by atoms with E-state index in [9.17, 15) is 14.7 Å². The maximum Gasteiger partial charge on any atom is 0.412 e. The second kappa shape index (κ2) is 9.83. The van der Waals surface area contributed by atoms with E-state index < -0.39 is 6.09 Å². The van der Waals surface area contributed by atoms with Crippen LogP contribution < -0.4 is 10.5 Å². The molecule has 4 heterocycles. The van der Waals surface area contributed by atoms with Gasteiger partial charge in [0.2, 0.25) is 0 Å². The summed E-state index contributed by atoms with van der Waals surface area (Å²) < 4.78 is 4.00. The first-order valence-corrected chi connectivity index (χ1v) is 12.5. The number of amides is 1. The van der Waals surface area contributed by atoms with Crippen molar-refractivity contribution in [2.45, 2.75) is 45.3 Å². The molecule has 5 rings (SSSR count). The molecule has 1 fully saturated rings. The molecule has 1 N–H and O–H groups in total. The van der Waals surface area contributed by atoms with Crippen molar-refractivity contribution in [3.8, 4) is 0 Å². The topological polar surface area (TPSA) is 86.8 Å². The highest BCUT2D eigenvalue weighted by atomic mass is 16.4. The highest BCUT2D eigenvalue weighted by Crippen LogP contribution is 2.36. The van der Waals surface area contributed by atoms with Gasteiger partial charge in [0.15, 0.2) is 0 Å². The largest absolute Gasteiger partial charge is 0.465 e. The molecule has 0 saturated carbocycles. The van der Waals surface area contributed by atoms with Crippen LogP contribution in [0.4, 0.5) is 10.5 Å². The van der Waals surface area contributed by atoms with Crippen molar-refractivity contribution < 1.29 is 9.90 Å². The highest BCUT2D eigenvalue weighted by Gasteiger charge is 2.30. The second-order valence-electron chi connectivity index (χ2n) is 9.78. The summed E-state index contributed by atoms with van der Waals surface area (Å²) in [7, 11) is 2.16. The number of fused-ring (bicyclic) bond motifs is 3. The van der Waals surface area contributed by atoms with Gasteiger partial charge in [-0.15, -0.1) is 0 Å². The number of carboxylic acid groups (broad SMARTS) is 1. The minimum Gasteiger partial charge on any atom is -0.465 e. The van der Waals surface area contributed by atoms with E-state index >= 15 is 0 Å². The molecule has 9 heteroatoms. The van der Waals surface area contributed by atoms with Crippen molar-refractivity contribution in [3.05, 3.63) is 58.3 Å². The zero-order valence-electron chi connectivity index (χ0n) is 20.6. The van der Waals surface area contributed by atoms with Gasteiger partial charge in [-0.2, -0.15) is 0 Å². The SMILES string of the molecule is C[C@H]1CCc2c(ccc3c2nc(CCn2ccccc2=O)n3CCN2CCN(C)CC2)N1C(=O)O. The Kier molecular flexibility index (Phi) is 6.62. The van der Waals surface area contributed by atoms with Gasteiger partial charge < -0.3 is 19.1 Å². The summed E-state index contributed by atoms with van der Waals surface area (Å²) in [5.74, 6) is 0.943. The molecule has 1 aromatic carbocycles. The average Bonchev–Trinajstić information content (AvgIpc) is 3.20. The standard InChI is InChI=1S/C26H34N6O3/c1-19-6-7-20-21(32(19)26(34)35)8-9-22-25(20)27-23(10-12-30-11-4-3-5-24(30)33)31(22)18-17-29-15-13-28(2)14-16-29/h3-5,8-9,11,19H,6-7,10,12-18H2,1-2H3,(H,34,35)/t19-/m0/s1. The number of nitrogens with zero attached hydrogens (tertiary/aromatic N) is 6. The molecule has 186 valence electrons. The third kappa shape index (κ3) is 4.70. The fourth-order valence-electron chi connectivity index (χ4n) is 5.39. The smallest absolute Gasteiger partial charge is 0.412 e. The molecule has 1 amide bonds. The summed E-state index contributed by atoms with van der Waals surface area (Å²) in [6.07, 6.45) is 3.12. The van der Waals surface area contributed by atoms with Gasteiger partial charge in [-0.1, -0.05) is 6.07 Å². The number of carbonyl (C=O) groups is 1. The van der Waals surface area contributed by atoms with Crippen molar-refractivity contribution >= 4 is 22.8 Å². The summed E-state index contributed by atoms with van der Waals surface area (Å²) in [5, 5.41) is 9.83. The molecule has 1 atom stereocenters. The Morgan fingerprint density at radius 3 is 2.63 bits per heavy atom. The number of likely N-dealkylation sites (N-methyl/N-ethyl adjacent to an activating group) is 1. The van der Waals surface area contributed by atoms with Gasteiger partial charge in [-0.05, 0) is 45.0 Å². The van der Waals surface area contributed by atoms with Gasteiger partial charge in [0.1, 0.15) is 5.82 Å².